The van der Waals surface area contributed by atoms with E-state index in [1.807, 2.05) is 36.4 Å². The van der Waals surface area contributed by atoms with Gasteiger partial charge in [-0.25, -0.2) is 4.79 Å². The molecule has 0 saturated carbocycles. The highest BCUT2D eigenvalue weighted by atomic mass is 16.5. The van der Waals surface area contributed by atoms with Crippen molar-refractivity contribution in [3.05, 3.63) is 84.7 Å². The van der Waals surface area contributed by atoms with E-state index in [1.165, 1.54) is 6.20 Å². The Bertz CT molecular complexity index is 880. The monoisotopic (exact) mass is 303 g/mol. The Kier molecular flexibility index (Phi) is 4.25. The molecule has 0 bridgehead atoms. The number of allylic oxidation sites excluding steroid dienone is 1. The number of carbonyl (C=O) groups excluding carboxylic acids is 2. The van der Waals surface area contributed by atoms with Gasteiger partial charge in [-0.3, -0.25) is 9.78 Å². The van der Waals surface area contributed by atoms with Crippen molar-refractivity contribution in [2.45, 2.75) is 0 Å². The molecule has 1 heterocycles. The van der Waals surface area contributed by atoms with Crippen LogP contribution in [-0.2, 0) is 4.79 Å². The second-order valence-electron chi connectivity index (χ2n) is 4.81. The van der Waals surface area contributed by atoms with Gasteiger partial charge in [-0.05, 0) is 29.7 Å². The van der Waals surface area contributed by atoms with E-state index in [1.54, 1.807) is 24.3 Å². The lowest BCUT2D eigenvalue weighted by atomic mass is 10.1. The molecule has 0 radical (unpaired) electrons. The predicted octanol–water partition coefficient (Wildman–Crippen LogP) is 3.58. The largest absolute Gasteiger partial charge is 0.423 e. The minimum Gasteiger partial charge on any atom is -0.423 e. The highest BCUT2D eigenvalue weighted by Gasteiger charge is 2.07. The molecule has 3 aromatic rings. The van der Waals surface area contributed by atoms with Gasteiger partial charge in [0.25, 0.3) is 0 Å². The Morgan fingerprint density at radius 3 is 2.48 bits per heavy atom. The van der Waals surface area contributed by atoms with Gasteiger partial charge in [0.15, 0.2) is 0 Å². The molecule has 0 aliphatic rings. The van der Waals surface area contributed by atoms with Crippen LogP contribution >= 0.6 is 0 Å². The van der Waals surface area contributed by atoms with E-state index >= 15 is 0 Å². The van der Waals surface area contributed by atoms with Crippen LogP contribution in [0.15, 0.2) is 79.0 Å². The number of ether oxygens (including phenoxy) is 1. The van der Waals surface area contributed by atoms with E-state index in [2.05, 4.69) is 4.98 Å². The lowest BCUT2D eigenvalue weighted by Gasteiger charge is -2.05. The first-order valence-electron chi connectivity index (χ1n) is 7.07. The summed E-state index contributed by atoms with van der Waals surface area (Å²) >= 11 is 0. The van der Waals surface area contributed by atoms with Gasteiger partial charge in [-0.1, -0.05) is 42.5 Å². The van der Waals surface area contributed by atoms with Crippen molar-refractivity contribution < 1.29 is 14.3 Å². The SMILES string of the molecule is O=C(C=CC(=O)c1ccccn1)Oc1cccc2ccccc12. The standard InChI is InChI=1S/C19H13NO3/c21-17(16-9-3-4-13-20-16)11-12-19(22)23-18-10-5-7-14-6-1-2-8-15(14)18/h1-13H. The van der Waals surface area contributed by atoms with Crippen LogP contribution < -0.4 is 4.74 Å². The molecule has 1 aromatic heterocycles. The topological polar surface area (TPSA) is 56.3 Å². The molecule has 4 nitrogen and oxygen atoms in total. The number of fused-ring (bicyclic) bond motifs is 1. The summed E-state index contributed by atoms with van der Waals surface area (Å²) in [6.07, 6.45) is 3.80. The Labute approximate surface area is 133 Å². The van der Waals surface area contributed by atoms with E-state index in [-0.39, 0.29) is 11.5 Å². The minimum absolute atomic E-state index is 0.279. The molecule has 0 atom stereocenters. The van der Waals surface area contributed by atoms with Gasteiger partial charge in [-0.2, -0.15) is 0 Å². The average Bonchev–Trinajstić information content (AvgIpc) is 2.61. The summed E-state index contributed by atoms with van der Waals surface area (Å²) in [5.41, 5.74) is 0.279. The smallest absolute Gasteiger partial charge is 0.336 e. The van der Waals surface area contributed by atoms with Crippen LogP contribution in [0.1, 0.15) is 10.5 Å². The normalized spacial score (nSPS) is 10.8. The van der Waals surface area contributed by atoms with Gasteiger partial charge < -0.3 is 4.74 Å². The van der Waals surface area contributed by atoms with E-state index in [0.29, 0.717) is 5.75 Å². The summed E-state index contributed by atoms with van der Waals surface area (Å²) in [6.45, 7) is 0. The summed E-state index contributed by atoms with van der Waals surface area (Å²) in [5, 5.41) is 1.82. The fraction of sp³-hybridized carbons (Fsp3) is 0. The maximum atomic E-state index is 11.9. The molecule has 112 valence electrons. The molecule has 3 rings (SSSR count). The number of aromatic nitrogens is 1. The van der Waals surface area contributed by atoms with Gasteiger partial charge in [0, 0.05) is 17.7 Å². The highest BCUT2D eigenvalue weighted by Crippen LogP contribution is 2.25. The first-order valence-corrected chi connectivity index (χ1v) is 7.07. The second kappa shape index (κ2) is 6.66. The zero-order valence-electron chi connectivity index (χ0n) is 12.2. The van der Waals surface area contributed by atoms with Crippen molar-refractivity contribution in [1.82, 2.24) is 4.98 Å². The van der Waals surface area contributed by atoms with Crippen molar-refractivity contribution in [3.8, 4) is 5.75 Å². The molecule has 0 saturated heterocycles. The maximum absolute atomic E-state index is 11.9. The zero-order chi connectivity index (χ0) is 16.1. The summed E-state index contributed by atoms with van der Waals surface area (Å²) < 4.78 is 5.32. The third kappa shape index (κ3) is 3.49. The zero-order valence-corrected chi connectivity index (χ0v) is 12.2. The third-order valence-electron chi connectivity index (χ3n) is 3.25. The van der Waals surface area contributed by atoms with Crippen LogP contribution in [0.2, 0.25) is 0 Å². The fourth-order valence-corrected chi connectivity index (χ4v) is 2.16. The number of hydrogen-bond donors (Lipinski definition) is 0. The molecular weight excluding hydrogens is 290 g/mol. The molecule has 4 heteroatoms. The van der Waals surface area contributed by atoms with Crippen molar-refractivity contribution in [3.63, 3.8) is 0 Å². The number of hydrogen-bond acceptors (Lipinski definition) is 4. The maximum Gasteiger partial charge on any atom is 0.336 e. The number of carbonyl (C=O) groups is 2. The third-order valence-corrected chi connectivity index (χ3v) is 3.25. The quantitative estimate of drug-likeness (QED) is 0.320. The Morgan fingerprint density at radius 2 is 1.65 bits per heavy atom. The number of rotatable bonds is 4. The Hall–Kier alpha value is -3.27. The van der Waals surface area contributed by atoms with Crippen LogP contribution in [0, 0.1) is 0 Å². The van der Waals surface area contributed by atoms with Crippen LogP contribution in [-0.4, -0.2) is 16.7 Å². The molecule has 0 amide bonds. The number of pyridine rings is 1. The Balaban J connectivity index is 1.74. The summed E-state index contributed by atoms with van der Waals surface area (Å²) in [7, 11) is 0. The molecular formula is C19H13NO3. The fourth-order valence-electron chi connectivity index (χ4n) is 2.16. The molecule has 0 aliphatic heterocycles. The van der Waals surface area contributed by atoms with Gasteiger partial charge in [0.1, 0.15) is 11.4 Å². The van der Waals surface area contributed by atoms with Crippen LogP contribution in [0.4, 0.5) is 0 Å². The van der Waals surface area contributed by atoms with Gasteiger partial charge in [0.2, 0.25) is 5.78 Å². The molecule has 23 heavy (non-hydrogen) atoms. The van der Waals surface area contributed by atoms with Crippen molar-refractivity contribution in [2.75, 3.05) is 0 Å². The minimum atomic E-state index is -0.606. The van der Waals surface area contributed by atoms with Crippen LogP contribution in [0.3, 0.4) is 0 Å². The van der Waals surface area contributed by atoms with Gasteiger partial charge >= 0.3 is 5.97 Å². The van der Waals surface area contributed by atoms with Gasteiger partial charge in [-0.15, -0.1) is 0 Å². The van der Waals surface area contributed by atoms with E-state index in [9.17, 15) is 9.59 Å². The number of esters is 1. The molecule has 0 fully saturated rings. The second-order valence-corrected chi connectivity index (χ2v) is 4.81. The summed E-state index contributed by atoms with van der Waals surface area (Å²) in [4.78, 5) is 27.7. The molecule has 0 unspecified atom stereocenters. The first kappa shape index (κ1) is 14.7. The van der Waals surface area contributed by atoms with E-state index in [0.717, 1.165) is 22.9 Å². The number of ketones is 1. The van der Waals surface area contributed by atoms with Crippen LogP contribution in [0.25, 0.3) is 10.8 Å². The highest BCUT2D eigenvalue weighted by molar-refractivity contribution is 6.06. The predicted molar refractivity (Wildman–Crippen MR) is 87.3 cm³/mol. The average molecular weight is 303 g/mol. The molecule has 0 N–H and O–H groups in total. The summed E-state index contributed by atoms with van der Waals surface area (Å²) in [6, 6.07) is 18.1. The lowest BCUT2D eigenvalue weighted by molar-refractivity contribution is -0.128. The first-order chi connectivity index (χ1) is 11.2. The van der Waals surface area contributed by atoms with E-state index in [4.69, 9.17) is 4.74 Å². The van der Waals surface area contributed by atoms with Crippen LogP contribution in [0.5, 0.6) is 5.75 Å². The molecule has 0 aliphatic carbocycles. The lowest BCUT2D eigenvalue weighted by Crippen LogP contribution is -2.06. The van der Waals surface area contributed by atoms with Gasteiger partial charge in [0.05, 0.1) is 0 Å². The molecule has 2 aromatic carbocycles. The van der Waals surface area contributed by atoms with Crippen molar-refractivity contribution >= 4 is 22.5 Å². The van der Waals surface area contributed by atoms with E-state index < -0.39 is 5.97 Å². The number of benzene rings is 2. The molecule has 0 spiro atoms. The van der Waals surface area contributed by atoms with Crippen molar-refractivity contribution in [2.24, 2.45) is 0 Å². The van der Waals surface area contributed by atoms with Crippen molar-refractivity contribution in [1.29, 1.82) is 0 Å². The Morgan fingerprint density at radius 1 is 0.870 bits per heavy atom. The number of nitrogens with zero attached hydrogens (tertiary/aromatic N) is 1. The summed E-state index contributed by atoms with van der Waals surface area (Å²) in [5.74, 6) is -0.492.